The maximum absolute atomic E-state index is 11.0. The largest absolute Gasteiger partial charge is 0.386 e. The minimum atomic E-state index is -1.48. The Bertz CT molecular complexity index is 439. The molecular weight excluding hydrogens is 224 g/mol. The van der Waals surface area contributed by atoms with Gasteiger partial charge in [0.2, 0.25) is 0 Å². The predicted octanol–water partition coefficient (Wildman–Crippen LogP) is 2.65. The number of hydrogen-bond acceptors (Lipinski definition) is 2. The molecular formula is C16H24O2. The van der Waals surface area contributed by atoms with Crippen molar-refractivity contribution in [2.75, 3.05) is 0 Å². The van der Waals surface area contributed by atoms with Gasteiger partial charge >= 0.3 is 0 Å². The number of hydrogen-bond donors (Lipinski definition) is 2. The van der Waals surface area contributed by atoms with Gasteiger partial charge in [0.1, 0.15) is 5.60 Å². The van der Waals surface area contributed by atoms with Gasteiger partial charge in [-0.25, -0.2) is 0 Å². The Kier molecular flexibility index (Phi) is 2.74. The van der Waals surface area contributed by atoms with Crippen LogP contribution in [0.4, 0.5) is 0 Å². The molecule has 3 atom stereocenters. The highest BCUT2D eigenvalue weighted by Gasteiger charge is 2.63. The second kappa shape index (κ2) is 3.62. The number of aliphatic hydroxyl groups is 2. The van der Waals surface area contributed by atoms with Crippen LogP contribution < -0.4 is 0 Å². The highest BCUT2D eigenvalue weighted by Crippen LogP contribution is 2.60. The van der Waals surface area contributed by atoms with Crippen LogP contribution >= 0.6 is 0 Å². The van der Waals surface area contributed by atoms with Crippen molar-refractivity contribution in [3.8, 4) is 12.3 Å². The van der Waals surface area contributed by atoms with E-state index in [9.17, 15) is 10.2 Å². The van der Waals surface area contributed by atoms with E-state index >= 15 is 0 Å². The summed E-state index contributed by atoms with van der Waals surface area (Å²) >= 11 is 0. The molecule has 0 radical (unpaired) electrons. The van der Waals surface area contributed by atoms with Gasteiger partial charge in [0.25, 0.3) is 0 Å². The zero-order chi connectivity index (χ0) is 13.8. The van der Waals surface area contributed by atoms with Crippen molar-refractivity contribution < 1.29 is 10.2 Å². The number of terminal acetylenes is 1. The van der Waals surface area contributed by atoms with E-state index in [1.165, 1.54) is 5.57 Å². The van der Waals surface area contributed by atoms with Gasteiger partial charge in [-0.1, -0.05) is 44.8 Å². The average molecular weight is 248 g/mol. The highest BCUT2D eigenvalue weighted by molar-refractivity contribution is 5.40. The summed E-state index contributed by atoms with van der Waals surface area (Å²) in [5.41, 5.74) is -2.00. The van der Waals surface area contributed by atoms with Crippen LogP contribution in [0.3, 0.4) is 0 Å². The molecule has 0 amide bonds. The molecule has 18 heavy (non-hydrogen) atoms. The van der Waals surface area contributed by atoms with E-state index in [1.807, 2.05) is 6.92 Å². The molecule has 0 aromatic carbocycles. The quantitative estimate of drug-likeness (QED) is 0.511. The van der Waals surface area contributed by atoms with Crippen molar-refractivity contribution in [1.29, 1.82) is 0 Å². The molecule has 100 valence electrons. The van der Waals surface area contributed by atoms with Crippen LogP contribution in [-0.2, 0) is 0 Å². The molecule has 0 aliphatic heterocycles. The Hall–Kier alpha value is -0.780. The topological polar surface area (TPSA) is 40.5 Å². The Labute approximate surface area is 110 Å². The molecule has 0 heterocycles. The molecule has 0 bridgehead atoms. The summed E-state index contributed by atoms with van der Waals surface area (Å²) in [5.74, 6) is 2.51. The van der Waals surface area contributed by atoms with Crippen molar-refractivity contribution in [1.82, 2.24) is 0 Å². The zero-order valence-electron chi connectivity index (χ0n) is 11.9. The second-order valence-electron chi connectivity index (χ2n) is 7.02. The fourth-order valence-corrected chi connectivity index (χ4v) is 4.14. The van der Waals surface area contributed by atoms with Crippen molar-refractivity contribution in [3.05, 3.63) is 11.6 Å². The van der Waals surface area contributed by atoms with Crippen LogP contribution in [0, 0.1) is 23.2 Å². The molecule has 2 aliphatic carbocycles. The van der Waals surface area contributed by atoms with E-state index in [1.54, 1.807) is 6.92 Å². The Morgan fingerprint density at radius 3 is 2.33 bits per heavy atom. The molecule has 0 aromatic heterocycles. The summed E-state index contributed by atoms with van der Waals surface area (Å²) < 4.78 is 0. The normalized spacial score (nSPS) is 46.8. The predicted molar refractivity (Wildman–Crippen MR) is 72.8 cm³/mol. The minimum Gasteiger partial charge on any atom is -0.386 e. The number of rotatable bonds is 0. The van der Waals surface area contributed by atoms with E-state index in [0.29, 0.717) is 6.42 Å². The highest BCUT2D eigenvalue weighted by atomic mass is 16.4. The maximum atomic E-state index is 11.0. The first-order valence-electron chi connectivity index (χ1n) is 6.74. The summed E-state index contributed by atoms with van der Waals surface area (Å²) in [6.45, 7) is 8.06. The van der Waals surface area contributed by atoms with E-state index in [4.69, 9.17) is 6.42 Å². The summed E-state index contributed by atoms with van der Waals surface area (Å²) in [7, 11) is 0. The summed E-state index contributed by atoms with van der Waals surface area (Å²) in [5, 5.41) is 21.5. The van der Waals surface area contributed by atoms with E-state index < -0.39 is 16.6 Å². The lowest BCUT2D eigenvalue weighted by molar-refractivity contribution is -0.174. The van der Waals surface area contributed by atoms with Crippen LogP contribution in [-0.4, -0.2) is 21.4 Å². The summed E-state index contributed by atoms with van der Waals surface area (Å²) in [6, 6.07) is 0. The standard InChI is InChI=1S/C16H24O2/c1-6-16(18)14(4)10-7-9-13(2,3)12(14)8-11-15(16,5)17/h1,8,17-18H,7,9-11H2,2-5H3/t14-,15+,16+/m0/s1. The van der Waals surface area contributed by atoms with Gasteiger partial charge in [0.05, 0.1) is 0 Å². The third-order valence-electron chi connectivity index (χ3n) is 5.29. The van der Waals surface area contributed by atoms with Gasteiger partial charge in [-0.3, -0.25) is 0 Å². The molecule has 1 fully saturated rings. The van der Waals surface area contributed by atoms with Crippen LogP contribution in [0.1, 0.15) is 53.4 Å². The third-order valence-corrected chi connectivity index (χ3v) is 5.29. The molecule has 2 nitrogen and oxygen atoms in total. The monoisotopic (exact) mass is 248 g/mol. The van der Waals surface area contributed by atoms with Gasteiger partial charge in [-0.05, 0) is 31.6 Å². The Morgan fingerprint density at radius 2 is 1.78 bits per heavy atom. The second-order valence-corrected chi connectivity index (χ2v) is 7.02. The first kappa shape index (κ1) is 13.6. The SMILES string of the molecule is C#C[C@@]1(O)[C@@]2(C)CCCC(C)(C)C2=CC[C@@]1(C)O. The van der Waals surface area contributed by atoms with Crippen molar-refractivity contribution >= 4 is 0 Å². The molecule has 2 aliphatic rings. The average Bonchev–Trinajstić information content (AvgIpc) is 2.24. The van der Waals surface area contributed by atoms with Gasteiger partial charge in [-0.15, -0.1) is 6.42 Å². The molecule has 0 unspecified atom stereocenters. The molecule has 0 saturated heterocycles. The van der Waals surface area contributed by atoms with Crippen LogP contribution in [0.5, 0.6) is 0 Å². The minimum absolute atomic E-state index is 0.0499. The van der Waals surface area contributed by atoms with E-state index in [0.717, 1.165) is 19.3 Å². The lowest BCUT2D eigenvalue weighted by Gasteiger charge is -2.59. The molecule has 1 saturated carbocycles. The fraction of sp³-hybridized carbons (Fsp3) is 0.750. The van der Waals surface area contributed by atoms with Crippen molar-refractivity contribution in [2.24, 2.45) is 10.8 Å². The Balaban J connectivity index is 2.65. The van der Waals surface area contributed by atoms with Gasteiger partial charge in [0, 0.05) is 5.41 Å². The van der Waals surface area contributed by atoms with E-state index in [-0.39, 0.29) is 5.41 Å². The Morgan fingerprint density at radius 1 is 1.17 bits per heavy atom. The summed E-state index contributed by atoms with van der Waals surface area (Å²) in [4.78, 5) is 0. The lowest BCUT2D eigenvalue weighted by atomic mass is 9.48. The summed E-state index contributed by atoms with van der Waals surface area (Å²) in [6.07, 6.45) is 11.1. The van der Waals surface area contributed by atoms with E-state index in [2.05, 4.69) is 25.8 Å². The molecule has 0 spiro atoms. The maximum Gasteiger partial charge on any atom is 0.162 e. The van der Waals surface area contributed by atoms with Crippen LogP contribution in [0.25, 0.3) is 0 Å². The van der Waals surface area contributed by atoms with Crippen molar-refractivity contribution in [3.63, 3.8) is 0 Å². The smallest absolute Gasteiger partial charge is 0.162 e. The van der Waals surface area contributed by atoms with Crippen LogP contribution in [0.15, 0.2) is 11.6 Å². The first-order valence-corrected chi connectivity index (χ1v) is 6.74. The molecule has 2 N–H and O–H groups in total. The third kappa shape index (κ3) is 1.44. The van der Waals surface area contributed by atoms with Crippen LogP contribution in [0.2, 0.25) is 0 Å². The fourth-order valence-electron chi connectivity index (χ4n) is 4.14. The lowest BCUT2D eigenvalue weighted by Crippen LogP contribution is -2.65. The van der Waals surface area contributed by atoms with Gasteiger partial charge in [-0.2, -0.15) is 0 Å². The molecule has 2 rings (SSSR count). The molecule has 2 heteroatoms. The number of fused-ring (bicyclic) bond motifs is 1. The van der Waals surface area contributed by atoms with Gasteiger partial charge in [0.15, 0.2) is 5.60 Å². The zero-order valence-corrected chi connectivity index (χ0v) is 11.9. The van der Waals surface area contributed by atoms with Gasteiger partial charge < -0.3 is 10.2 Å². The van der Waals surface area contributed by atoms with Crippen molar-refractivity contribution in [2.45, 2.75) is 64.6 Å². The molecule has 0 aromatic rings. The first-order chi connectivity index (χ1) is 8.11.